The molecule has 1 fully saturated rings. The summed E-state index contributed by atoms with van der Waals surface area (Å²) in [7, 11) is 0. The molecule has 3 nitrogen and oxygen atoms in total. The first-order valence-electron chi connectivity index (χ1n) is 5.92. The average molecular weight is 221 g/mol. The third-order valence-electron chi connectivity index (χ3n) is 2.78. The van der Waals surface area contributed by atoms with E-state index in [0.29, 0.717) is 13.2 Å². The molecule has 88 valence electrons. The van der Waals surface area contributed by atoms with Crippen molar-refractivity contribution in [1.82, 2.24) is 0 Å². The predicted octanol–water partition coefficient (Wildman–Crippen LogP) is 1.75. The monoisotopic (exact) mass is 221 g/mol. The van der Waals surface area contributed by atoms with E-state index in [1.807, 2.05) is 12.1 Å². The Balaban J connectivity index is 1.88. The Bertz CT molecular complexity index is 304. The van der Waals surface area contributed by atoms with Gasteiger partial charge in [0.25, 0.3) is 0 Å². The molecule has 1 unspecified atom stereocenters. The predicted molar refractivity (Wildman–Crippen MR) is 63.7 cm³/mol. The quantitative estimate of drug-likeness (QED) is 0.842. The van der Waals surface area contributed by atoms with Crippen molar-refractivity contribution in [2.24, 2.45) is 5.73 Å². The number of rotatable bonds is 4. The largest absolute Gasteiger partial charge is 0.488 e. The smallest absolute Gasteiger partial charge is 0.122 e. The van der Waals surface area contributed by atoms with Gasteiger partial charge in [0, 0.05) is 6.61 Å². The molecule has 0 saturated carbocycles. The fraction of sp³-hybridized carbons (Fsp3) is 0.538. The van der Waals surface area contributed by atoms with Crippen LogP contribution in [0.3, 0.4) is 0 Å². The normalized spacial score (nSPS) is 20.7. The van der Waals surface area contributed by atoms with Crippen LogP contribution in [0.25, 0.3) is 0 Å². The summed E-state index contributed by atoms with van der Waals surface area (Å²) in [5, 5.41) is 0. The summed E-state index contributed by atoms with van der Waals surface area (Å²) in [6, 6.07) is 8.18. The minimum atomic E-state index is 0.217. The zero-order valence-electron chi connectivity index (χ0n) is 9.52. The van der Waals surface area contributed by atoms with Gasteiger partial charge in [-0.25, -0.2) is 0 Å². The number of hydrogen-bond donors (Lipinski definition) is 1. The lowest BCUT2D eigenvalue weighted by atomic mass is 10.1. The molecule has 1 aromatic rings. The lowest BCUT2D eigenvalue weighted by molar-refractivity contribution is 0.00742. The van der Waals surface area contributed by atoms with Gasteiger partial charge in [-0.3, -0.25) is 0 Å². The van der Waals surface area contributed by atoms with Crippen LogP contribution in [-0.2, 0) is 11.2 Å². The zero-order chi connectivity index (χ0) is 11.2. The van der Waals surface area contributed by atoms with E-state index in [1.165, 1.54) is 5.56 Å². The Morgan fingerprint density at radius 2 is 2.12 bits per heavy atom. The summed E-state index contributed by atoms with van der Waals surface area (Å²) in [6.45, 7) is 2.27. The second kappa shape index (κ2) is 5.87. The molecule has 0 spiro atoms. The number of ether oxygens (including phenoxy) is 2. The molecular formula is C13H19NO2. The Labute approximate surface area is 96.5 Å². The highest BCUT2D eigenvalue weighted by molar-refractivity contribution is 5.27. The molecule has 1 aliphatic rings. The minimum Gasteiger partial charge on any atom is -0.488 e. The number of nitrogens with two attached hydrogens (primary N) is 1. The van der Waals surface area contributed by atoms with Gasteiger partial charge < -0.3 is 15.2 Å². The van der Waals surface area contributed by atoms with Gasteiger partial charge >= 0.3 is 0 Å². The summed E-state index contributed by atoms with van der Waals surface area (Å²) >= 11 is 0. The zero-order valence-corrected chi connectivity index (χ0v) is 9.52. The first-order valence-corrected chi connectivity index (χ1v) is 5.92. The van der Waals surface area contributed by atoms with Crippen molar-refractivity contribution in [3.05, 3.63) is 29.8 Å². The molecule has 1 atom stereocenters. The fourth-order valence-corrected chi connectivity index (χ4v) is 1.90. The molecule has 2 N–H and O–H groups in total. The van der Waals surface area contributed by atoms with E-state index >= 15 is 0 Å². The van der Waals surface area contributed by atoms with E-state index in [-0.39, 0.29) is 6.10 Å². The Morgan fingerprint density at radius 1 is 1.31 bits per heavy atom. The molecule has 0 aliphatic carbocycles. The SMILES string of the molecule is NCCc1ccc(OC2CCCOC2)cc1. The van der Waals surface area contributed by atoms with Crippen molar-refractivity contribution in [3.8, 4) is 5.75 Å². The third-order valence-corrected chi connectivity index (χ3v) is 2.78. The van der Waals surface area contributed by atoms with Crippen molar-refractivity contribution in [3.63, 3.8) is 0 Å². The first-order chi connectivity index (χ1) is 7.88. The van der Waals surface area contributed by atoms with Gasteiger partial charge in [0.2, 0.25) is 0 Å². The van der Waals surface area contributed by atoms with Crippen LogP contribution in [0.2, 0.25) is 0 Å². The molecule has 0 bridgehead atoms. The van der Waals surface area contributed by atoms with E-state index in [1.54, 1.807) is 0 Å². The minimum absolute atomic E-state index is 0.217. The van der Waals surface area contributed by atoms with Crippen molar-refractivity contribution < 1.29 is 9.47 Å². The van der Waals surface area contributed by atoms with Crippen molar-refractivity contribution in [1.29, 1.82) is 0 Å². The van der Waals surface area contributed by atoms with E-state index in [4.69, 9.17) is 15.2 Å². The van der Waals surface area contributed by atoms with Gasteiger partial charge in [-0.05, 0) is 43.5 Å². The van der Waals surface area contributed by atoms with Gasteiger partial charge in [0.05, 0.1) is 6.61 Å². The van der Waals surface area contributed by atoms with Gasteiger partial charge in [0.1, 0.15) is 11.9 Å². The molecule has 2 rings (SSSR count). The Hall–Kier alpha value is -1.06. The van der Waals surface area contributed by atoms with Crippen LogP contribution in [0.4, 0.5) is 0 Å². The maximum Gasteiger partial charge on any atom is 0.122 e. The van der Waals surface area contributed by atoms with Crippen molar-refractivity contribution in [2.75, 3.05) is 19.8 Å². The summed E-state index contributed by atoms with van der Waals surface area (Å²) in [4.78, 5) is 0. The standard InChI is InChI=1S/C13H19NO2/c14-8-7-11-3-5-12(6-4-11)16-13-2-1-9-15-10-13/h3-6,13H,1-2,7-10,14H2. The first kappa shape index (κ1) is 11.4. The van der Waals surface area contributed by atoms with Gasteiger partial charge in [-0.1, -0.05) is 12.1 Å². The highest BCUT2D eigenvalue weighted by atomic mass is 16.5. The molecule has 1 heterocycles. The van der Waals surface area contributed by atoms with Crippen LogP contribution in [0, 0.1) is 0 Å². The van der Waals surface area contributed by atoms with Crippen LogP contribution < -0.4 is 10.5 Å². The van der Waals surface area contributed by atoms with Gasteiger partial charge in [-0.15, -0.1) is 0 Å². The van der Waals surface area contributed by atoms with Crippen LogP contribution in [-0.4, -0.2) is 25.9 Å². The van der Waals surface area contributed by atoms with Crippen LogP contribution in [0.5, 0.6) is 5.75 Å². The van der Waals surface area contributed by atoms with Crippen molar-refractivity contribution >= 4 is 0 Å². The Morgan fingerprint density at radius 3 is 2.75 bits per heavy atom. The molecule has 0 radical (unpaired) electrons. The second-order valence-electron chi connectivity index (χ2n) is 4.14. The van der Waals surface area contributed by atoms with E-state index in [9.17, 15) is 0 Å². The van der Waals surface area contributed by atoms with Crippen LogP contribution in [0.15, 0.2) is 24.3 Å². The maximum atomic E-state index is 5.83. The third kappa shape index (κ3) is 3.22. The molecule has 1 aliphatic heterocycles. The van der Waals surface area contributed by atoms with E-state index in [0.717, 1.165) is 31.6 Å². The topological polar surface area (TPSA) is 44.5 Å². The Kier molecular flexibility index (Phi) is 4.19. The summed E-state index contributed by atoms with van der Waals surface area (Å²) in [5.41, 5.74) is 6.76. The summed E-state index contributed by atoms with van der Waals surface area (Å²) in [5.74, 6) is 0.927. The lowest BCUT2D eigenvalue weighted by Crippen LogP contribution is -2.27. The molecule has 1 aromatic carbocycles. The molecule has 0 aromatic heterocycles. The molecule has 0 amide bonds. The molecule has 3 heteroatoms. The summed E-state index contributed by atoms with van der Waals surface area (Å²) in [6.07, 6.45) is 3.32. The number of benzene rings is 1. The van der Waals surface area contributed by atoms with Crippen LogP contribution >= 0.6 is 0 Å². The highest BCUT2D eigenvalue weighted by Gasteiger charge is 2.14. The molecular weight excluding hydrogens is 202 g/mol. The average Bonchev–Trinajstić information content (AvgIpc) is 2.33. The van der Waals surface area contributed by atoms with Gasteiger partial charge in [-0.2, -0.15) is 0 Å². The maximum absolute atomic E-state index is 5.83. The fourth-order valence-electron chi connectivity index (χ4n) is 1.90. The van der Waals surface area contributed by atoms with Crippen LogP contribution in [0.1, 0.15) is 18.4 Å². The molecule has 16 heavy (non-hydrogen) atoms. The highest BCUT2D eigenvalue weighted by Crippen LogP contribution is 2.17. The second-order valence-corrected chi connectivity index (χ2v) is 4.14. The van der Waals surface area contributed by atoms with Crippen molar-refractivity contribution in [2.45, 2.75) is 25.4 Å². The summed E-state index contributed by atoms with van der Waals surface area (Å²) < 4.78 is 11.2. The lowest BCUT2D eigenvalue weighted by Gasteiger charge is -2.23. The molecule has 1 saturated heterocycles. The van der Waals surface area contributed by atoms with E-state index < -0.39 is 0 Å². The van der Waals surface area contributed by atoms with Gasteiger partial charge in [0.15, 0.2) is 0 Å². The van der Waals surface area contributed by atoms with E-state index in [2.05, 4.69) is 12.1 Å². The number of hydrogen-bond acceptors (Lipinski definition) is 3.